The summed E-state index contributed by atoms with van der Waals surface area (Å²) in [6.45, 7) is 12.9. The summed E-state index contributed by atoms with van der Waals surface area (Å²) in [6.07, 6.45) is 1.06. The molecule has 0 saturated carbocycles. The topological polar surface area (TPSA) is 128 Å². The largest absolute Gasteiger partial charge is 0.361 e. The van der Waals surface area contributed by atoms with Crippen LogP contribution >= 0.6 is 0 Å². The molecule has 0 aliphatic heterocycles. The average molecular weight is 605 g/mol. The van der Waals surface area contributed by atoms with Gasteiger partial charge in [-0.3, -0.25) is 28.7 Å². The minimum absolute atomic E-state index is 0.0240. The van der Waals surface area contributed by atoms with E-state index in [1.54, 1.807) is 0 Å². The predicted molar refractivity (Wildman–Crippen MR) is 173 cm³/mol. The summed E-state index contributed by atoms with van der Waals surface area (Å²) in [5, 5.41) is 0. The maximum absolute atomic E-state index is 12.2. The maximum atomic E-state index is 12.2. The zero-order chi connectivity index (χ0) is 32.2. The molecule has 0 saturated heterocycles. The van der Waals surface area contributed by atoms with Crippen LogP contribution in [0.15, 0.2) is 79.8 Å². The van der Waals surface area contributed by atoms with Gasteiger partial charge in [0.1, 0.15) is 13.5 Å². The van der Waals surface area contributed by atoms with E-state index in [9.17, 15) is 19.2 Å². The van der Waals surface area contributed by atoms with E-state index in [1.807, 2.05) is 102 Å². The average Bonchev–Trinajstić information content (AvgIpc) is 2.97. The van der Waals surface area contributed by atoms with Crippen LogP contribution in [-0.2, 0) is 35.8 Å². The standard InChI is InChI=1S/2C17H22N2O3/c2*1-4-22-11-19-14(10-13-8-6-5-7-9-13)15(12(2)3)16(20)18-17(19)21/h2*5-9,12H,4,10-11H2,1-3H3,(H,18,20,21). The van der Waals surface area contributed by atoms with Gasteiger partial charge in [0, 0.05) is 48.6 Å². The number of rotatable bonds is 12. The molecule has 10 heteroatoms. The van der Waals surface area contributed by atoms with Gasteiger partial charge in [0.15, 0.2) is 0 Å². The lowest BCUT2D eigenvalue weighted by Crippen LogP contribution is -2.36. The van der Waals surface area contributed by atoms with E-state index in [0.29, 0.717) is 37.2 Å². The second kappa shape index (κ2) is 16.5. The highest BCUT2D eigenvalue weighted by atomic mass is 16.5. The third-order valence-electron chi connectivity index (χ3n) is 7.13. The summed E-state index contributed by atoms with van der Waals surface area (Å²) in [5.41, 5.74) is 3.39. The zero-order valence-corrected chi connectivity index (χ0v) is 26.5. The van der Waals surface area contributed by atoms with Crippen molar-refractivity contribution in [1.82, 2.24) is 19.1 Å². The molecule has 0 bridgehead atoms. The molecular weight excluding hydrogens is 560 g/mol. The lowest BCUT2D eigenvalue weighted by molar-refractivity contribution is 0.0820. The molecule has 2 N–H and O–H groups in total. The minimum atomic E-state index is -0.422. The van der Waals surface area contributed by atoms with Gasteiger partial charge in [-0.15, -0.1) is 0 Å². The van der Waals surface area contributed by atoms with Crippen LogP contribution < -0.4 is 22.5 Å². The van der Waals surface area contributed by atoms with Crippen LogP contribution in [0.2, 0.25) is 0 Å². The first kappa shape index (κ1) is 34.2. The lowest BCUT2D eigenvalue weighted by Gasteiger charge is -2.18. The van der Waals surface area contributed by atoms with Crippen LogP contribution in [-0.4, -0.2) is 32.3 Å². The molecule has 44 heavy (non-hydrogen) atoms. The predicted octanol–water partition coefficient (Wildman–Crippen LogP) is 4.49. The molecule has 0 fully saturated rings. The van der Waals surface area contributed by atoms with Crippen molar-refractivity contribution in [2.24, 2.45) is 0 Å². The molecule has 0 amide bonds. The fraction of sp³-hybridized carbons (Fsp3) is 0.412. The number of nitrogens with one attached hydrogen (secondary N) is 2. The highest BCUT2D eigenvalue weighted by Crippen LogP contribution is 2.19. The van der Waals surface area contributed by atoms with Crippen molar-refractivity contribution in [3.05, 3.63) is 136 Å². The Hall–Kier alpha value is -4.28. The van der Waals surface area contributed by atoms with Crippen molar-refractivity contribution < 1.29 is 9.47 Å². The Balaban J connectivity index is 0.000000240. The highest BCUT2D eigenvalue weighted by Gasteiger charge is 2.19. The van der Waals surface area contributed by atoms with Gasteiger partial charge >= 0.3 is 11.4 Å². The fourth-order valence-corrected chi connectivity index (χ4v) is 5.05. The second-order valence-corrected chi connectivity index (χ2v) is 11.0. The van der Waals surface area contributed by atoms with Crippen LogP contribution in [0.4, 0.5) is 0 Å². The molecule has 2 aromatic carbocycles. The van der Waals surface area contributed by atoms with Gasteiger partial charge in [0.25, 0.3) is 11.1 Å². The molecule has 2 heterocycles. The normalized spacial score (nSPS) is 11.1. The Morgan fingerprint density at radius 1 is 0.591 bits per heavy atom. The molecule has 0 aliphatic rings. The molecule has 0 spiro atoms. The van der Waals surface area contributed by atoms with Gasteiger partial charge in [0.05, 0.1) is 0 Å². The van der Waals surface area contributed by atoms with Gasteiger partial charge in [-0.1, -0.05) is 88.4 Å². The molecule has 0 radical (unpaired) electrons. The van der Waals surface area contributed by atoms with Gasteiger partial charge in [-0.2, -0.15) is 0 Å². The van der Waals surface area contributed by atoms with Crippen LogP contribution in [0.3, 0.4) is 0 Å². The van der Waals surface area contributed by atoms with E-state index >= 15 is 0 Å². The Kier molecular flexibility index (Phi) is 12.9. The molecule has 236 valence electrons. The van der Waals surface area contributed by atoms with Crippen molar-refractivity contribution in [2.75, 3.05) is 13.2 Å². The summed E-state index contributed by atoms with van der Waals surface area (Å²) >= 11 is 0. The van der Waals surface area contributed by atoms with Crippen LogP contribution in [0.25, 0.3) is 0 Å². The number of hydrogen-bond donors (Lipinski definition) is 2. The van der Waals surface area contributed by atoms with Gasteiger partial charge in [-0.25, -0.2) is 9.59 Å². The number of H-pyrrole nitrogens is 2. The van der Waals surface area contributed by atoms with E-state index < -0.39 is 11.4 Å². The number of aromatic nitrogens is 4. The van der Waals surface area contributed by atoms with E-state index in [0.717, 1.165) is 22.5 Å². The summed E-state index contributed by atoms with van der Waals surface area (Å²) in [7, 11) is 0. The van der Waals surface area contributed by atoms with Crippen molar-refractivity contribution in [1.29, 1.82) is 0 Å². The van der Waals surface area contributed by atoms with E-state index in [1.165, 1.54) is 9.13 Å². The Labute approximate surface area is 257 Å². The van der Waals surface area contributed by atoms with Crippen molar-refractivity contribution in [3.8, 4) is 0 Å². The molecular formula is C34H44N4O6. The van der Waals surface area contributed by atoms with Crippen LogP contribution in [0, 0.1) is 0 Å². The van der Waals surface area contributed by atoms with Crippen molar-refractivity contribution in [3.63, 3.8) is 0 Å². The molecule has 0 atom stereocenters. The molecule has 2 aromatic heterocycles. The van der Waals surface area contributed by atoms with E-state index in [-0.39, 0.29) is 36.4 Å². The number of nitrogens with zero attached hydrogens (tertiary/aromatic N) is 2. The van der Waals surface area contributed by atoms with Crippen LogP contribution in [0.5, 0.6) is 0 Å². The fourth-order valence-electron chi connectivity index (χ4n) is 5.05. The highest BCUT2D eigenvalue weighted by molar-refractivity contribution is 5.30. The minimum Gasteiger partial charge on any atom is -0.361 e. The molecule has 4 aromatic rings. The smallest absolute Gasteiger partial charge is 0.330 e. The zero-order valence-electron chi connectivity index (χ0n) is 26.5. The third-order valence-corrected chi connectivity index (χ3v) is 7.13. The molecule has 4 rings (SSSR count). The van der Waals surface area contributed by atoms with E-state index in [4.69, 9.17) is 9.47 Å². The first-order chi connectivity index (χ1) is 21.1. The van der Waals surface area contributed by atoms with E-state index in [2.05, 4.69) is 9.97 Å². The third kappa shape index (κ3) is 8.87. The van der Waals surface area contributed by atoms with Crippen LogP contribution in [0.1, 0.15) is 87.0 Å². The number of hydrogen-bond acceptors (Lipinski definition) is 6. The first-order valence-corrected chi connectivity index (χ1v) is 15.0. The monoisotopic (exact) mass is 604 g/mol. The number of benzene rings is 2. The first-order valence-electron chi connectivity index (χ1n) is 15.0. The second-order valence-electron chi connectivity index (χ2n) is 11.0. The van der Waals surface area contributed by atoms with Gasteiger partial charge in [0.2, 0.25) is 0 Å². The molecule has 10 nitrogen and oxygen atoms in total. The number of ether oxygens (including phenoxy) is 2. The van der Waals surface area contributed by atoms with Crippen molar-refractivity contribution >= 4 is 0 Å². The summed E-state index contributed by atoms with van der Waals surface area (Å²) in [4.78, 5) is 53.5. The summed E-state index contributed by atoms with van der Waals surface area (Å²) in [5.74, 6) is 0.0480. The summed E-state index contributed by atoms with van der Waals surface area (Å²) in [6, 6.07) is 19.6. The Morgan fingerprint density at radius 2 is 0.932 bits per heavy atom. The molecule has 0 unspecified atom stereocenters. The van der Waals surface area contributed by atoms with Gasteiger partial charge in [-0.05, 0) is 36.8 Å². The lowest BCUT2D eigenvalue weighted by atomic mass is 9.98. The maximum Gasteiger partial charge on any atom is 0.330 e. The molecule has 0 aliphatic carbocycles. The SMILES string of the molecule is CCOCn1c(Cc2ccccc2)c(C(C)C)c(=O)[nH]c1=O.CCOCn1c(Cc2ccccc2)c(C(C)C)c(=O)[nH]c1=O. The van der Waals surface area contributed by atoms with Crippen molar-refractivity contribution in [2.45, 2.75) is 79.7 Å². The Bertz CT molecular complexity index is 1590. The Morgan fingerprint density at radius 3 is 1.23 bits per heavy atom. The summed E-state index contributed by atoms with van der Waals surface area (Å²) < 4.78 is 13.8. The number of aromatic amines is 2. The van der Waals surface area contributed by atoms with Gasteiger partial charge < -0.3 is 9.47 Å². The quantitative estimate of drug-likeness (QED) is 0.245.